The molecule has 1 aromatic rings. The van der Waals surface area contributed by atoms with E-state index in [0.29, 0.717) is 19.1 Å². The lowest BCUT2D eigenvalue weighted by atomic mass is 9.79. The summed E-state index contributed by atoms with van der Waals surface area (Å²) in [7, 11) is 4.01. The molecule has 0 radical (unpaired) electrons. The van der Waals surface area contributed by atoms with E-state index in [1.54, 1.807) is 6.20 Å². The third kappa shape index (κ3) is 3.31. The van der Waals surface area contributed by atoms with Crippen molar-refractivity contribution in [2.75, 3.05) is 33.8 Å². The normalized spacial score (nSPS) is 28.9. The fourth-order valence-electron chi connectivity index (χ4n) is 3.69. The summed E-state index contributed by atoms with van der Waals surface area (Å²) in [5.41, 5.74) is 0.933. The molecule has 0 bridgehead atoms. The van der Waals surface area contributed by atoms with Gasteiger partial charge in [-0.2, -0.15) is 0 Å². The van der Waals surface area contributed by atoms with Crippen molar-refractivity contribution in [3.8, 4) is 0 Å². The molecule has 3 atom stereocenters. The zero-order valence-electron chi connectivity index (χ0n) is 13.4. The van der Waals surface area contributed by atoms with Crippen molar-refractivity contribution in [3.05, 3.63) is 30.1 Å². The van der Waals surface area contributed by atoms with Crippen LogP contribution >= 0.6 is 0 Å². The van der Waals surface area contributed by atoms with Crippen LogP contribution in [0.1, 0.15) is 18.5 Å². The Kier molecular flexibility index (Phi) is 4.74. The molecule has 2 aliphatic heterocycles. The topological polar surface area (TPSA) is 45.7 Å². The summed E-state index contributed by atoms with van der Waals surface area (Å²) < 4.78 is 5.90. The van der Waals surface area contributed by atoms with E-state index in [4.69, 9.17) is 4.74 Å². The summed E-state index contributed by atoms with van der Waals surface area (Å²) in [6.45, 7) is 3.30. The predicted octanol–water partition coefficient (Wildman–Crippen LogP) is 1.40. The molecule has 5 heteroatoms. The lowest BCUT2D eigenvalue weighted by Gasteiger charge is -2.44. The summed E-state index contributed by atoms with van der Waals surface area (Å²) in [6.07, 6.45) is 3.89. The molecule has 3 rings (SSSR count). The van der Waals surface area contributed by atoms with Crippen molar-refractivity contribution >= 4 is 5.91 Å². The highest BCUT2D eigenvalue weighted by atomic mass is 16.5. The average Bonchev–Trinajstić information content (AvgIpc) is 2.54. The number of nitrogens with zero attached hydrogens (tertiary/aromatic N) is 3. The lowest BCUT2D eigenvalue weighted by Crippen LogP contribution is -2.52. The van der Waals surface area contributed by atoms with Gasteiger partial charge in [0.2, 0.25) is 5.91 Å². The number of hydrogen-bond donors (Lipinski definition) is 0. The maximum Gasteiger partial charge on any atom is 0.226 e. The Bertz CT molecular complexity index is 508. The van der Waals surface area contributed by atoms with Gasteiger partial charge in [0.25, 0.3) is 0 Å². The number of likely N-dealkylation sites (tertiary alicyclic amines) is 1. The molecule has 0 aromatic carbocycles. The van der Waals surface area contributed by atoms with Crippen molar-refractivity contribution in [1.29, 1.82) is 0 Å². The van der Waals surface area contributed by atoms with E-state index in [0.717, 1.165) is 31.6 Å². The maximum atomic E-state index is 12.9. The van der Waals surface area contributed by atoms with E-state index in [9.17, 15) is 4.79 Å². The van der Waals surface area contributed by atoms with E-state index in [2.05, 4.69) is 16.9 Å². The molecular weight excluding hydrogens is 278 g/mol. The minimum atomic E-state index is 0.0789. The molecular formula is C17H25N3O2. The Labute approximate surface area is 132 Å². The predicted molar refractivity (Wildman–Crippen MR) is 84.2 cm³/mol. The summed E-state index contributed by atoms with van der Waals surface area (Å²) in [5, 5.41) is 0. The van der Waals surface area contributed by atoms with Crippen LogP contribution < -0.4 is 0 Å². The quantitative estimate of drug-likeness (QED) is 0.847. The molecule has 0 spiro atoms. The number of rotatable bonds is 3. The molecule has 0 saturated carbocycles. The molecule has 2 fully saturated rings. The third-order valence-corrected chi connectivity index (χ3v) is 4.89. The number of hydrogen-bond acceptors (Lipinski definition) is 4. The maximum absolute atomic E-state index is 12.9. The number of amides is 1. The highest BCUT2D eigenvalue weighted by Crippen LogP contribution is 2.33. The Hall–Kier alpha value is -1.46. The Morgan fingerprint density at radius 1 is 1.45 bits per heavy atom. The first kappa shape index (κ1) is 15.4. The molecule has 3 heterocycles. The zero-order chi connectivity index (χ0) is 15.5. The van der Waals surface area contributed by atoms with Crippen LogP contribution in [-0.4, -0.2) is 60.6 Å². The third-order valence-electron chi connectivity index (χ3n) is 4.89. The molecule has 0 unspecified atom stereocenters. The van der Waals surface area contributed by atoms with Crippen molar-refractivity contribution in [2.24, 2.45) is 11.8 Å². The lowest BCUT2D eigenvalue weighted by molar-refractivity contribution is -0.150. The van der Waals surface area contributed by atoms with Crippen LogP contribution in [0.5, 0.6) is 0 Å². The van der Waals surface area contributed by atoms with Crippen LogP contribution in [-0.2, 0) is 16.1 Å². The molecule has 0 aliphatic carbocycles. The number of pyridine rings is 1. The monoisotopic (exact) mass is 303 g/mol. The average molecular weight is 303 g/mol. The Morgan fingerprint density at radius 2 is 2.32 bits per heavy atom. The number of fused-ring (bicyclic) bond motifs is 1. The van der Waals surface area contributed by atoms with E-state index in [-0.39, 0.29) is 17.9 Å². The van der Waals surface area contributed by atoms with Crippen LogP contribution in [0.4, 0.5) is 0 Å². The number of carbonyl (C=O) groups is 1. The van der Waals surface area contributed by atoms with E-state index < -0.39 is 0 Å². The van der Waals surface area contributed by atoms with Crippen LogP contribution in [0.25, 0.3) is 0 Å². The number of ether oxygens (including phenoxy) is 1. The molecule has 1 aromatic heterocycles. The first-order valence-electron chi connectivity index (χ1n) is 8.10. The van der Waals surface area contributed by atoms with Gasteiger partial charge in [0.15, 0.2) is 0 Å². The van der Waals surface area contributed by atoms with Gasteiger partial charge >= 0.3 is 0 Å². The molecule has 1 amide bonds. The van der Waals surface area contributed by atoms with Crippen LogP contribution in [0.2, 0.25) is 0 Å². The fraction of sp³-hybridized carbons (Fsp3) is 0.647. The first-order valence-corrected chi connectivity index (χ1v) is 8.10. The van der Waals surface area contributed by atoms with Gasteiger partial charge in [0.05, 0.1) is 18.3 Å². The molecule has 120 valence electrons. The fourth-order valence-corrected chi connectivity index (χ4v) is 3.69. The van der Waals surface area contributed by atoms with Crippen molar-refractivity contribution in [1.82, 2.24) is 14.8 Å². The minimum absolute atomic E-state index is 0.0789. The summed E-state index contributed by atoms with van der Waals surface area (Å²) in [5.74, 6) is 0.639. The molecule has 2 aliphatic rings. The molecule has 5 nitrogen and oxygen atoms in total. The van der Waals surface area contributed by atoms with Crippen LogP contribution in [0, 0.1) is 11.8 Å². The van der Waals surface area contributed by atoms with Crippen molar-refractivity contribution < 1.29 is 9.53 Å². The summed E-state index contributed by atoms with van der Waals surface area (Å²) in [6, 6.07) is 5.82. The van der Waals surface area contributed by atoms with Crippen molar-refractivity contribution in [3.63, 3.8) is 0 Å². The minimum Gasteiger partial charge on any atom is -0.378 e. The van der Waals surface area contributed by atoms with Gasteiger partial charge in [0.1, 0.15) is 0 Å². The van der Waals surface area contributed by atoms with Gasteiger partial charge in [-0.25, -0.2) is 0 Å². The second kappa shape index (κ2) is 6.75. The van der Waals surface area contributed by atoms with Crippen LogP contribution in [0.15, 0.2) is 24.4 Å². The Balaban J connectivity index is 1.67. The number of piperidine rings is 1. The zero-order valence-corrected chi connectivity index (χ0v) is 13.4. The summed E-state index contributed by atoms with van der Waals surface area (Å²) >= 11 is 0. The van der Waals surface area contributed by atoms with Gasteiger partial charge in [-0.05, 0) is 32.0 Å². The van der Waals surface area contributed by atoms with Crippen LogP contribution in [0.3, 0.4) is 0 Å². The number of carbonyl (C=O) groups excluding carboxylic acids is 1. The highest BCUT2D eigenvalue weighted by molar-refractivity contribution is 5.79. The van der Waals surface area contributed by atoms with E-state index >= 15 is 0 Å². The number of aromatic nitrogens is 1. The smallest absolute Gasteiger partial charge is 0.226 e. The SMILES string of the molecule is CN1CC[C@H]2OCC[C@@H](C(=O)N(C)Cc3ccccn3)[C@@H]2C1. The van der Waals surface area contributed by atoms with Gasteiger partial charge in [-0.3, -0.25) is 9.78 Å². The molecule has 0 N–H and O–H groups in total. The largest absolute Gasteiger partial charge is 0.378 e. The van der Waals surface area contributed by atoms with Crippen molar-refractivity contribution in [2.45, 2.75) is 25.5 Å². The summed E-state index contributed by atoms with van der Waals surface area (Å²) in [4.78, 5) is 21.3. The Morgan fingerprint density at radius 3 is 3.09 bits per heavy atom. The second-order valence-corrected chi connectivity index (χ2v) is 6.53. The van der Waals surface area contributed by atoms with E-state index in [1.807, 2.05) is 30.1 Å². The standard InChI is InChI=1S/C17H25N3O2/c1-19-9-6-16-15(12-19)14(7-10-22-16)17(21)20(2)11-13-5-3-4-8-18-13/h3-5,8,14-16H,6-7,9-12H2,1-2H3/t14-,15+,16-/m1/s1. The second-order valence-electron chi connectivity index (χ2n) is 6.53. The first-order chi connectivity index (χ1) is 10.6. The molecule has 2 saturated heterocycles. The van der Waals surface area contributed by atoms with Gasteiger partial charge < -0.3 is 14.5 Å². The van der Waals surface area contributed by atoms with E-state index in [1.165, 1.54) is 0 Å². The van der Waals surface area contributed by atoms with Gasteiger partial charge in [0, 0.05) is 44.8 Å². The molecule has 22 heavy (non-hydrogen) atoms. The van der Waals surface area contributed by atoms with Gasteiger partial charge in [-0.15, -0.1) is 0 Å². The highest BCUT2D eigenvalue weighted by Gasteiger charge is 2.41. The van der Waals surface area contributed by atoms with Gasteiger partial charge in [-0.1, -0.05) is 6.07 Å².